The molecule has 5 rings (SSSR count). The maximum atomic E-state index is 13.2. The van der Waals surface area contributed by atoms with Gasteiger partial charge in [0.1, 0.15) is 11.3 Å². The molecule has 0 fully saturated rings. The first kappa shape index (κ1) is 33.1. The van der Waals surface area contributed by atoms with Crippen molar-refractivity contribution in [1.29, 1.82) is 0 Å². The summed E-state index contributed by atoms with van der Waals surface area (Å²) in [4.78, 5) is 31.4. The number of sulfone groups is 1. The van der Waals surface area contributed by atoms with E-state index in [9.17, 15) is 18.0 Å². The van der Waals surface area contributed by atoms with Crippen LogP contribution in [0.3, 0.4) is 0 Å². The van der Waals surface area contributed by atoms with Crippen LogP contribution in [0.15, 0.2) is 111 Å². The third-order valence-electron chi connectivity index (χ3n) is 6.79. The number of aryl methyl sites for hydroxylation is 1. The number of nitrogens with zero attached hydrogens (tertiary/aromatic N) is 1. The molecule has 1 atom stereocenters. The van der Waals surface area contributed by atoms with Crippen molar-refractivity contribution in [2.24, 2.45) is 0 Å². The Bertz CT molecular complexity index is 1880. The molecule has 1 aromatic heterocycles. The average molecular weight is 679 g/mol. The van der Waals surface area contributed by atoms with Gasteiger partial charge in [0.2, 0.25) is 5.89 Å². The first-order chi connectivity index (χ1) is 22.2. The van der Waals surface area contributed by atoms with Gasteiger partial charge in [-0.05, 0) is 92.1 Å². The summed E-state index contributed by atoms with van der Waals surface area (Å²) < 4.78 is 42.0. The molecular formula is C34H31ClN2O7S2. The van der Waals surface area contributed by atoms with Gasteiger partial charge in [-0.1, -0.05) is 41.9 Å². The van der Waals surface area contributed by atoms with Gasteiger partial charge in [-0.3, -0.25) is 4.79 Å². The highest BCUT2D eigenvalue weighted by Crippen LogP contribution is 2.26. The van der Waals surface area contributed by atoms with Crippen molar-refractivity contribution in [2.75, 3.05) is 12.4 Å². The number of benzene rings is 4. The van der Waals surface area contributed by atoms with E-state index in [0.29, 0.717) is 46.4 Å². The molecule has 0 bridgehead atoms. The predicted molar refractivity (Wildman–Crippen MR) is 177 cm³/mol. The number of esters is 1. The molecule has 9 nitrogen and oxygen atoms in total. The van der Waals surface area contributed by atoms with Crippen LogP contribution >= 0.6 is 23.4 Å². The Labute approximate surface area is 276 Å². The van der Waals surface area contributed by atoms with Gasteiger partial charge >= 0.3 is 5.97 Å². The molecular weight excluding hydrogens is 648 g/mol. The SMILES string of the molecule is CCOC(=O)C(NC(=O)c1cccc(SCc2nc3ccccc3o2)c1)Oc1ccc(CCCS(=O)(=O)c2ccc(Cl)cc2)cc1. The Kier molecular flexibility index (Phi) is 11.0. The first-order valence-corrected chi connectivity index (χ1v) is 17.5. The summed E-state index contributed by atoms with van der Waals surface area (Å²) in [5.41, 5.74) is 2.73. The maximum absolute atomic E-state index is 13.2. The lowest BCUT2D eigenvalue weighted by Crippen LogP contribution is -2.46. The fourth-order valence-electron chi connectivity index (χ4n) is 4.51. The number of amides is 1. The van der Waals surface area contributed by atoms with Crippen molar-refractivity contribution < 1.29 is 31.9 Å². The van der Waals surface area contributed by atoms with E-state index in [-0.39, 0.29) is 17.3 Å². The number of para-hydroxylation sites is 2. The van der Waals surface area contributed by atoms with Crippen LogP contribution in [0.2, 0.25) is 5.02 Å². The van der Waals surface area contributed by atoms with E-state index >= 15 is 0 Å². The standard InChI is InChI=1S/C34H31ClN2O7S2/c1-2-42-34(39)33(43-26-16-12-23(13-17-26)7-6-20-46(40,41)28-18-14-25(35)15-19-28)37-32(38)24-8-5-9-27(21-24)45-22-31-36-29-10-3-4-11-30(29)44-31/h3-5,8-19,21,33H,2,6-7,20,22H2,1H3,(H,37,38). The van der Waals surface area contributed by atoms with E-state index < -0.39 is 27.9 Å². The van der Waals surface area contributed by atoms with E-state index in [1.807, 2.05) is 30.3 Å². The van der Waals surface area contributed by atoms with Gasteiger partial charge in [0, 0.05) is 15.5 Å². The Morgan fingerprint density at radius 3 is 2.48 bits per heavy atom. The van der Waals surface area contributed by atoms with Gasteiger partial charge in [0.25, 0.3) is 12.1 Å². The van der Waals surface area contributed by atoms with Crippen LogP contribution < -0.4 is 10.1 Å². The number of hydrogen-bond donors (Lipinski definition) is 1. The second kappa shape index (κ2) is 15.3. The Morgan fingerprint density at radius 2 is 1.74 bits per heavy atom. The van der Waals surface area contributed by atoms with Crippen molar-refractivity contribution in [3.8, 4) is 5.75 Å². The number of oxazole rings is 1. The minimum atomic E-state index is -3.43. The predicted octanol–water partition coefficient (Wildman–Crippen LogP) is 6.88. The lowest BCUT2D eigenvalue weighted by Gasteiger charge is -2.19. The number of ether oxygens (including phenoxy) is 2. The molecule has 0 spiro atoms. The number of carbonyl (C=O) groups is 2. The third kappa shape index (κ3) is 8.90. The third-order valence-corrected chi connectivity index (χ3v) is 9.84. The van der Waals surface area contributed by atoms with Crippen molar-refractivity contribution in [3.05, 3.63) is 119 Å². The van der Waals surface area contributed by atoms with Crippen LogP contribution in [-0.4, -0.2) is 43.9 Å². The van der Waals surface area contributed by atoms with Gasteiger partial charge in [-0.15, -0.1) is 11.8 Å². The lowest BCUT2D eigenvalue weighted by molar-refractivity contribution is -0.152. The Morgan fingerprint density at radius 1 is 0.978 bits per heavy atom. The van der Waals surface area contributed by atoms with E-state index in [4.69, 9.17) is 25.5 Å². The van der Waals surface area contributed by atoms with Crippen LogP contribution in [0.4, 0.5) is 0 Å². The second-order valence-corrected chi connectivity index (χ2v) is 13.7. The van der Waals surface area contributed by atoms with E-state index in [0.717, 1.165) is 16.0 Å². The fraction of sp³-hybridized carbons (Fsp3) is 0.206. The normalized spacial score (nSPS) is 12.0. The number of nitrogens with one attached hydrogen (secondary N) is 1. The van der Waals surface area contributed by atoms with Crippen LogP contribution in [0.1, 0.15) is 35.2 Å². The summed E-state index contributed by atoms with van der Waals surface area (Å²) in [6.07, 6.45) is -0.455. The monoisotopic (exact) mass is 678 g/mol. The van der Waals surface area contributed by atoms with Crippen molar-refractivity contribution in [2.45, 2.75) is 41.5 Å². The fourth-order valence-corrected chi connectivity index (χ4v) is 6.74. The maximum Gasteiger partial charge on any atom is 0.369 e. The molecule has 0 saturated carbocycles. The lowest BCUT2D eigenvalue weighted by atomic mass is 10.1. The zero-order valence-corrected chi connectivity index (χ0v) is 27.2. The highest BCUT2D eigenvalue weighted by atomic mass is 35.5. The molecule has 4 aromatic carbocycles. The van der Waals surface area contributed by atoms with Crippen LogP contribution in [0.25, 0.3) is 11.1 Å². The van der Waals surface area contributed by atoms with E-state index in [1.54, 1.807) is 61.5 Å². The van der Waals surface area contributed by atoms with Gasteiger partial charge in [-0.25, -0.2) is 18.2 Å². The number of aromatic nitrogens is 1. The molecule has 238 valence electrons. The molecule has 46 heavy (non-hydrogen) atoms. The number of halogens is 1. The molecule has 0 aliphatic heterocycles. The Balaban J connectivity index is 1.17. The summed E-state index contributed by atoms with van der Waals surface area (Å²) in [5, 5.41) is 3.09. The summed E-state index contributed by atoms with van der Waals surface area (Å²) in [5.74, 6) is 0.113. The second-order valence-electron chi connectivity index (χ2n) is 10.1. The summed E-state index contributed by atoms with van der Waals surface area (Å²) in [6.45, 7) is 1.77. The molecule has 1 unspecified atom stereocenters. The molecule has 1 amide bonds. The van der Waals surface area contributed by atoms with Crippen LogP contribution in [0.5, 0.6) is 5.75 Å². The molecule has 1 N–H and O–H groups in total. The molecule has 0 aliphatic rings. The number of thioether (sulfide) groups is 1. The number of carbonyl (C=O) groups excluding carboxylic acids is 2. The van der Waals surface area contributed by atoms with Crippen LogP contribution in [-0.2, 0) is 31.5 Å². The number of fused-ring (bicyclic) bond motifs is 1. The summed E-state index contributed by atoms with van der Waals surface area (Å²) >= 11 is 7.33. The van der Waals surface area contributed by atoms with Crippen molar-refractivity contribution in [1.82, 2.24) is 10.3 Å². The summed E-state index contributed by atoms with van der Waals surface area (Å²) in [6, 6.07) is 27.5. The minimum absolute atomic E-state index is 0.0135. The molecule has 5 aromatic rings. The average Bonchev–Trinajstić information content (AvgIpc) is 3.48. The number of hydrogen-bond acceptors (Lipinski definition) is 9. The first-order valence-electron chi connectivity index (χ1n) is 14.5. The van der Waals surface area contributed by atoms with Gasteiger partial charge < -0.3 is 19.2 Å². The van der Waals surface area contributed by atoms with E-state index in [1.165, 1.54) is 23.9 Å². The highest BCUT2D eigenvalue weighted by Gasteiger charge is 2.25. The molecule has 1 heterocycles. The molecule has 0 aliphatic carbocycles. The largest absolute Gasteiger partial charge is 0.462 e. The minimum Gasteiger partial charge on any atom is -0.462 e. The van der Waals surface area contributed by atoms with Crippen molar-refractivity contribution in [3.63, 3.8) is 0 Å². The van der Waals surface area contributed by atoms with Gasteiger partial charge in [-0.2, -0.15) is 0 Å². The molecule has 12 heteroatoms. The molecule has 0 radical (unpaired) electrons. The topological polar surface area (TPSA) is 125 Å². The van der Waals surface area contributed by atoms with Gasteiger partial charge in [0.15, 0.2) is 15.4 Å². The zero-order valence-electron chi connectivity index (χ0n) is 24.8. The van der Waals surface area contributed by atoms with E-state index in [2.05, 4.69) is 10.3 Å². The van der Waals surface area contributed by atoms with Crippen LogP contribution in [0, 0.1) is 0 Å². The van der Waals surface area contributed by atoms with Crippen molar-refractivity contribution >= 4 is 56.2 Å². The highest BCUT2D eigenvalue weighted by molar-refractivity contribution is 7.98. The quantitative estimate of drug-likeness (QED) is 0.0760. The molecule has 0 saturated heterocycles. The van der Waals surface area contributed by atoms with Gasteiger partial charge in [0.05, 0.1) is 23.0 Å². The smallest absolute Gasteiger partial charge is 0.369 e. The summed E-state index contributed by atoms with van der Waals surface area (Å²) in [7, 11) is -3.43. The number of rotatable bonds is 14. The Hall–Kier alpha value is -4.32. The zero-order chi connectivity index (χ0) is 32.5.